The van der Waals surface area contributed by atoms with Crippen LogP contribution in [0.25, 0.3) is 0 Å². The average molecular weight is 475 g/mol. The number of benzene rings is 2. The van der Waals surface area contributed by atoms with Crippen LogP contribution in [0.4, 0.5) is 0 Å². The summed E-state index contributed by atoms with van der Waals surface area (Å²) in [5, 5.41) is 5.38. The topological polar surface area (TPSA) is 108 Å². The molecule has 0 aromatic heterocycles. The second-order valence-electron chi connectivity index (χ2n) is 7.93. The summed E-state index contributed by atoms with van der Waals surface area (Å²) in [6.45, 7) is 4.14. The lowest BCUT2D eigenvalue weighted by Crippen LogP contribution is -2.37. The maximum Gasteiger partial charge on any atom is 0.251 e. The summed E-state index contributed by atoms with van der Waals surface area (Å²) in [4.78, 5) is 27.1. The fraction of sp³-hybridized carbons (Fsp3) is 0.391. The molecule has 2 aromatic carbocycles. The van der Waals surface area contributed by atoms with Crippen LogP contribution in [0.3, 0.4) is 0 Å². The molecule has 1 fully saturated rings. The lowest BCUT2D eigenvalue weighted by Gasteiger charge is -2.27. The Morgan fingerprint density at radius 2 is 1.70 bits per heavy atom. The molecule has 0 aliphatic carbocycles. The molecule has 1 aliphatic heterocycles. The van der Waals surface area contributed by atoms with Gasteiger partial charge in [0.2, 0.25) is 15.9 Å². The maximum absolute atomic E-state index is 12.4. The number of hydrogen-bond donors (Lipinski definition) is 2. The minimum Gasteiger partial charge on any atom is -0.379 e. The highest BCUT2D eigenvalue weighted by Gasteiger charge is 2.19. The Morgan fingerprint density at radius 1 is 1.00 bits per heavy atom. The molecule has 0 unspecified atom stereocenters. The molecule has 2 aromatic rings. The highest BCUT2D eigenvalue weighted by atomic mass is 32.2. The minimum atomic E-state index is -3.65. The molecule has 1 saturated heterocycles. The van der Waals surface area contributed by atoms with E-state index in [4.69, 9.17) is 4.74 Å². The molecule has 0 bridgehead atoms. The van der Waals surface area contributed by atoms with Crippen molar-refractivity contribution < 1.29 is 22.7 Å². The van der Waals surface area contributed by atoms with Gasteiger partial charge in [0.05, 0.1) is 24.7 Å². The van der Waals surface area contributed by atoms with E-state index in [2.05, 4.69) is 15.5 Å². The van der Waals surface area contributed by atoms with Crippen LogP contribution in [0, 0.1) is 0 Å². The van der Waals surface area contributed by atoms with Crippen LogP contribution in [-0.4, -0.2) is 76.4 Å². The second kappa shape index (κ2) is 11.4. The third kappa shape index (κ3) is 6.84. The SMILES string of the molecule is CN(C)S(=O)(=O)c1cccc(C(=O)NCC(=O)NCc2ccccc2CN2CCOCC2)c1. The monoisotopic (exact) mass is 474 g/mol. The number of amides is 2. The highest BCUT2D eigenvalue weighted by Crippen LogP contribution is 2.15. The van der Waals surface area contributed by atoms with Crippen molar-refractivity contribution in [2.24, 2.45) is 0 Å². The molecular weight excluding hydrogens is 444 g/mol. The van der Waals surface area contributed by atoms with Crippen LogP contribution < -0.4 is 10.6 Å². The number of sulfonamides is 1. The molecule has 2 N–H and O–H groups in total. The van der Waals surface area contributed by atoms with Crippen molar-refractivity contribution in [3.8, 4) is 0 Å². The van der Waals surface area contributed by atoms with Gasteiger partial charge in [0, 0.05) is 45.8 Å². The van der Waals surface area contributed by atoms with Crippen molar-refractivity contribution in [3.63, 3.8) is 0 Å². The zero-order valence-corrected chi connectivity index (χ0v) is 19.7. The van der Waals surface area contributed by atoms with E-state index in [0.29, 0.717) is 6.54 Å². The first kappa shape index (κ1) is 24.8. The lowest BCUT2D eigenvalue weighted by atomic mass is 10.1. The normalized spacial score (nSPS) is 14.8. The molecule has 9 nitrogen and oxygen atoms in total. The van der Waals surface area contributed by atoms with Gasteiger partial charge < -0.3 is 15.4 Å². The van der Waals surface area contributed by atoms with E-state index in [-0.39, 0.29) is 22.9 Å². The van der Waals surface area contributed by atoms with Crippen molar-refractivity contribution in [2.75, 3.05) is 46.9 Å². The predicted octanol–water partition coefficient (Wildman–Crippen LogP) is 0.815. The Bertz CT molecular complexity index is 1080. The third-order valence-electron chi connectivity index (χ3n) is 5.38. The summed E-state index contributed by atoms with van der Waals surface area (Å²) in [6, 6.07) is 13.7. The molecule has 2 amide bonds. The van der Waals surface area contributed by atoms with E-state index in [1.807, 2.05) is 24.3 Å². The van der Waals surface area contributed by atoms with E-state index in [1.54, 1.807) is 0 Å². The maximum atomic E-state index is 12.4. The number of nitrogens with one attached hydrogen (secondary N) is 2. The number of carbonyl (C=O) groups is 2. The van der Waals surface area contributed by atoms with E-state index >= 15 is 0 Å². The fourth-order valence-electron chi connectivity index (χ4n) is 3.41. The van der Waals surface area contributed by atoms with Crippen molar-refractivity contribution >= 4 is 21.8 Å². The Labute approximate surface area is 194 Å². The van der Waals surface area contributed by atoms with Crippen molar-refractivity contribution in [1.29, 1.82) is 0 Å². The van der Waals surface area contributed by atoms with E-state index < -0.39 is 15.9 Å². The number of morpholine rings is 1. The number of rotatable bonds is 9. The summed E-state index contributed by atoms with van der Waals surface area (Å²) in [5.41, 5.74) is 2.33. The molecule has 1 aliphatic rings. The van der Waals surface area contributed by atoms with Crippen molar-refractivity contribution in [2.45, 2.75) is 18.0 Å². The number of carbonyl (C=O) groups excluding carboxylic acids is 2. The zero-order valence-electron chi connectivity index (χ0n) is 18.9. The highest BCUT2D eigenvalue weighted by molar-refractivity contribution is 7.89. The van der Waals surface area contributed by atoms with Gasteiger partial charge >= 0.3 is 0 Å². The van der Waals surface area contributed by atoms with Crippen LogP contribution in [0.15, 0.2) is 53.4 Å². The number of ether oxygens (including phenoxy) is 1. The average Bonchev–Trinajstić information content (AvgIpc) is 2.82. The summed E-state index contributed by atoms with van der Waals surface area (Å²) >= 11 is 0. The molecule has 33 heavy (non-hydrogen) atoms. The summed E-state index contributed by atoms with van der Waals surface area (Å²) in [7, 11) is -0.810. The number of hydrogen-bond acceptors (Lipinski definition) is 6. The van der Waals surface area contributed by atoms with Gasteiger partial charge in [-0.25, -0.2) is 12.7 Å². The van der Waals surface area contributed by atoms with Gasteiger partial charge in [-0.2, -0.15) is 0 Å². The molecule has 0 saturated carbocycles. The Hall–Kier alpha value is -2.79. The Balaban J connectivity index is 1.53. The first-order chi connectivity index (χ1) is 15.8. The van der Waals surface area contributed by atoms with Gasteiger partial charge in [0.1, 0.15) is 0 Å². The van der Waals surface area contributed by atoms with Gasteiger partial charge in [-0.3, -0.25) is 14.5 Å². The van der Waals surface area contributed by atoms with Gasteiger partial charge in [-0.05, 0) is 29.3 Å². The smallest absolute Gasteiger partial charge is 0.251 e. The largest absolute Gasteiger partial charge is 0.379 e. The molecule has 0 spiro atoms. The second-order valence-corrected chi connectivity index (χ2v) is 10.1. The molecule has 0 radical (unpaired) electrons. The molecule has 10 heteroatoms. The van der Waals surface area contributed by atoms with Gasteiger partial charge in [-0.1, -0.05) is 30.3 Å². The van der Waals surface area contributed by atoms with Crippen molar-refractivity contribution in [1.82, 2.24) is 19.8 Å². The first-order valence-corrected chi connectivity index (χ1v) is 12.2. The van der Waals surface area contributed by atoms with Crippen LogP contribution >= 0.6 is 0 Å². The lowest BCUT2D eigenvalue weighted by molar-refractivity contribution is -0.120. The van der Waals surface area contributed by atoms with Crippen LogP contribution in [-0.2, 0) is 32.6 Å². The predicted molar refractivity (Wildman–Crippen MR) is 124 cm³/mol. The molecule has 1 heterocycles. The first-order valence-electron chi connectivity index (χ1n) is 10.7. The summed E-state index contributed by atoms with van der Waals surface area (Å²) in [6.07, 6.45) is 0. The molecule has 3 rings (SSSR count). The van der Waals surface area contributed by atoms with E-state index in [0.717, 1.165) is 48.3 Å². The zero-order chi connectivity index (χ0) is 23.8. The standard InChI is InChI=1S/C23H30N4O5S/c1-26(2)33(30,31)21-9-5-8-18(14-21)23(29)25-16-22(28)24-15-19-6-3-4-7-20(19)17-27-10-12-32-13-11-27/h3-9,14H,10-13,15-17H2,1-2H3,(H,24,28)(H,25,29). The van der Waals surface area contributed by atoms with Gasteiger partial charge in [0.25, 0.3) is 5.91 Å². The summed E-state index contributed by atoms with van der Waals surface area (Å²) in [5.74, 6) is -0.852. The fourth-order valence-corrected chi connectivity index (χ4v) is 4.36. The van der Waals surface area contributed by atoms with E-state index in [9.17, 15) is 18.0 Å². The quantitative estimate of drug-likeness (QED) is 0.557. The van der Waals surface area contributed by atoms with Gasteiger partial charge in [0.15, 0.2) is 0 Å². The molecule has 0 atom stereocenters. The molecule has 178 valence electrons. The van der Waals surface area contributed by atoms with Crippen LogP contribution in [0.1, 0.15) is 21.5 Å². The van der Waals surface area contributed by atoms with Crippen molar-refractivity contribution in [3.05, 3.63) is 65.2 Å². The number of nitrogens with zero attached hydrogens (tertiary/aromatic N) is 2. The summed E-state index contributed by atoms with van der Waals surface area (Å²) < 4.78 is 31.0. The third-order valence-corrected chi connectivity index (χ3v) is 7.19. The van der Waals surface area contributed by atoms with Crippen LogP contribution in [0.5, 0.6) is 0 Å². The van der Waals surface area contributed by atoms with Gasteiger partial charge in [-0.15, -0.1) is 0 Å². The Kier molecular flexibility index (Phi) is 8.56. The van der Waals surface area contributed by atoms with Crippen LogP contribution in [0.2, 0.25) is 0 Å². The minimum absolute atomic E-state index is 0.0153. The Morgan fingerprint density at radius 3 is 2.39 bits per heavy atom. The van der Waals surface area contributed by atoms with E-state index in [1.165, 1.54) is 38.4 Å². The molecular formula is C23H30N4O5S.